The predicted molar refractivity (Wildman–Crippen MR) is 73.7 cm³/mol. The van der Waals surface area contributed by atoms with Gasteiger partial charge in [0.25, 0.3) is 0 Å². The van der Waals surface area contributed by atoms with Crippen LogP contribution >= 0.6 is 34.8 Å². The van der Waals surface area contributed by atoms with Crippen LogP contribution in [0.25, 0.3) is 0 Å². The number of benzene rings is 1. The summed E-state index contributed by atoms with van der Waals surface area (Å²) in [5, 5.41) is 12.6. The van der Waals surface area contributed by atoms with Gasteiger partial charge < -0.3 is 5.32 Å². The maximum absolute atomic E-state index is 8.81. The van der Waals surface area contributed by atoms with E-state index in [1.165, 1.54) is 6.07 Å². The highest BCUT2D eigenvalue weighted by atomic mass is 35.5. The smallest absolute Gasteiger partial charge is 0.151 e. The Morgan fingerprint density at radius 2 is 1.89 bits per heavy atom. The lowest BCUT2D eigenvalue weighted by Crippen LogP contribution is -1.95. The number of hydrogen-bond acceptors (Lipinski definition) is 3. The van der Waals surface area contributed by atoms with Gasteiger partial charge in [0.2, 0.25) is 0 Å². The van der Waals surface area contributed by atoms with Gasteiger partial charge in [-0.1, -0.05) is 40.9 Å². The molecule has 0 aliphatic heterocycles. The van der Waals surface area contributed by atoms with Gasteiger partial charge in [0.15, 0.2) is 5.82 Å². The Morgan fingerprint density at radius 1 is 1.11 bits per heavy atom. The molecule has 0 aliphatic carbocycles. The number of anilines is 2. The van der Waals surface area contributed by atoms with Crippen LogP contribution < -0.4 is 5.32 Å². The van der Waals surface area contributed by atoms with E-state index in [0.717, 1.165) is 0 Å². The molecule has 6 heteroatoms. The van der Waals surface area contributed by atoms with Gasteiger partial charge in [-0.3, -0.25) is 0 Å². The third-order valence-corrected chi connectivity index (χ3v) is 3.10. The van der Waals surface area contributed by atoms with Gasteiger partial charge in [-0.25, -0.2) is 4.98 Å². The van der Waals surface area contributed by atoms with Crippen LogP contribution in [-0.2, 0) is 0 Å². The Hall–Kier alpha value is -1.47. The molecule has 90 valence electrons. The van der Waals surface area contributed by atoms with Crippen LogP contribution in [0.3, 0.4) is 0 Å². The molecule has 0 unspecified atom stereocenters. The highest BCUT2D eigenvalue weighted by Gasteiger charge is 2.08. The van der Waals surface area contributed by atoms with Crippen LogP contribution in [0.1, 0.15) is 5.56 Å². The molecule has 0 fully saturated rings. The van der Waals surface area contributed by atoms with E-state index in [-0.39, 0.29) is 10.2 Å². The molecular formula is C12H6Cl3N3. The number of nitrogens with zero attached hydrogens (tertiary/aromatic N) is 2. The minimum absolute atomic E-state index is 0.167. The number of rotatable bonds is 2. The van der Waals surface area contributed by atoms with Crippen molar-refractivity contribution in [1.29, 1.82) is 5.26 Å². The third kappa shape index (κ3) is 2.85. The number of nitrogens with one attached hydrogen (secondary N) is 1. The molecule has 0 saturated heterocycles. The van der Waals surface area contributed by atoms with Crippen molar-refractivity contribution in [3.05, 3.63) is 51.1 Å². The molecule has 1 aromatic heterocycles. The molecule has 1 heterocycles. The summed E-state index contributed by atoms with van der Waals surface area (Å²) in [4.78, 5) is 4.03. The molecular weight excluding hydrogens is 293 g/mol. The van der Waals surface area contributed by atoms with Crippen LogP contribution in [0.15, 0.2) is 30.3 Å². The summed E-state index contributed by atoms with van der Waals surface area (Å²) in [6.45, 7) is 0. The molecule has 18 heavy (non-hydrogen) atoms. The van der Waals surface area contributed by atoms with Gasteiger partial charge in [-0.15, -0.1) is 0 Å². The second-order valence-electron chi connectivity index (χ2n) is 3.41. The average molecular weight is 299 g/mol. The summed E-state index contributed by atoms with van der Waals surface area (Å²) in [5.41, 5.74) is 1.23. The lowest BCUT2D eigenvalue weighted by Gasteiger charge is -2.08. The fourth-order valence-corrected chi connectivity index (χ4v) is 1.88. The standard InChI is InChI=1S/C12H6Cl3N3/c13-9-5-10(14)12(18-11(9)15)17-8-3-1-2-7(4-8)6-16/h1-5H,(H,17,18). The van der Waals surface area contributed by atoms with Crippen molar-refractivity contribution in [3.8, 4) is 6.07 Å². The van der Waals surface area contributed by atoms with E-state index >= 15 is 0 Å². The van der Waals surface area contributed by atoms with Crippen LogP contribution in [0, 0.1) is 11.3 Å². The van der Waals surface area contributed by atoms with Crippen molar-refractivity contribution in [2.24, 2.45) is 0 Å². The number of pyridine rings is 1. The molecule has 0 amide bonds. The van der Waals surface area contributed by atoms with Gasteiger partial charge in [0, 0.05) is 5.69 Å². The highest BCUT2D eigenvalue weighted by molar-refractivity contribution is 6.43. The predicted octanol–water partition coefficient (Wildman–Crippen LogP) is 4.66. The Balaban J connectivity index is 2.34. The number of nitriles is 1. The molecule has 2 rings (SSSR count). The van der Waals surface area contributed by atoms with Gasteiger partial charge >= 0.3 is 0 Å². The summed E-state index contributed by atoms with van der Waals surface area (Å²) in [6.07, 6.45) is 0. The van der Waals surface area contributed by atoms with E-state index < -0.39 is 0 Å². The zero-order chi connectivity index (χ0) is 13.1. The number of hydrogen-bond donors (Lipinski definition) is 1. The first-order valence-electron chi connectivity index (χ1n) is 4.89. The summed E-state index contributed by atoms with van der Waals surface area (Å²) in [6, 6.07) is 10.5. The first kappa shape index (κ1) is 13.0. The van der Waals surface area contributed by atoms with Crippen molar-refractivity contribution in [2.75, 3.05) is 5.32 Å². The van der Waals surface area contributed by atoms with Crippen molar-refractivity contribution in [2.45, 2.75) is 0 Å². The second-order valence-corrected chi connectivity index (χ2v) is 4.58. The fraction of sp³-hybridized carbons (Fsp3) is 0. The number of aromatic nitrogens is 1. The van der Waals surface area contributed by atoms with Crippen LogP contribution in [0.4, 0.5) is 11.5 Å². The van der Waals surface area contributed by atoms with Crippen molar-refractivity contribution in [3.63, 3.8) is 0 Å². The van der Waals surface area contributed by atoms with E-state index in [0.29, 0.717) is 22.1 Å². The van der Waals surface area contributed by atoms with Crippen molar-refractivity contribution in [1.82, 2.24) is 4.98 Å². The van der Waals surface area contributed by atoms with Gasteiger partial charge in [-0.2, -0.15) is 5.26 Å². The summed E-state index contributed by atoms with van der Waals surface area (Å²) in [7, 11) is 0. The molecule has 1 N–H and O–H groups in total. The van der Waals surface area contributed by atoms with E-state index in [1.54, 1.807) is 24.3 Å². The minimum Gasteiger partial charge on any atom is -0.339 e. The van der Waals surface area contributed by atoms with Gasteiger partial charge in [-0.05, 0) is 24.3 Å². The van der Waals surface area contributed by atoms with Crippen LogP contribution in [0.5, 0.6) is 0 Å². The first-order chi connectivity index (χ1) is 8.60. The summed E-state index contributed by atoms with van der Waals surface area (Å²) in [5.74, 6) is 0.390. The van der Waals surface area contributed by atoms with Crippen LogP contribution in [0.2, 0.25) is 15.2 Å². The molecule has 3 nitrogen and oxygen atoms in total. The topological polar surface area (TPSA) is 48.7 Å². The minimum atomic E-state index is 0.167. The number of halogens is 3. The van der Waals surface area contributed by atoms with Crippen molar-refractivity contribution >= 4 is 46.3 Å². The zero-order valence-electron chi connectivity index (χ0n) is 8.92. The average Bonchev–Trinajstić information content (AvgIpc) is 2.36. The largest absolute Gasteiger partial charge is 0.339 e. The van der Waals surface area contributed by atoms with Crippen LogP contribution in [-0.4, -0.2) is 4.98 Å². The molecule has 0 atom stereocenters. The molecule has 0 spiro atoms. The quantitative estimate of drug-likeness (QED) is 0.820. The van der Waals surface area contributed by atoms with Gasteiger partial charge in [0.1, 0.15) is 5.15 Å². The highest BCUT2D eigenvalue weighted by Crippen LogP contribution is 2.30. The Labute approximate surface area is 119 Å². The molecule has 0 radical (unpaired) electrons. The van der Waals surface area contributed by atoms with E-state index in [2.05, 4.69) is 10.3 Å². The Bertz CT molecular complexity index is 635. The second kappa shape index (κ2) is 5.45. The van der Waals surface area contributed by atoms with E-state index in [1.807, 2.05) is 6.07 Å². The molecule has 1 aromatic carbocycles. The Morgan fingerprint density at radius 3 is 2.61 bits per heavy atom. The molecule has 0 aliphatic rings. The monoisotopic (exact) mass is 297 g/mol. The Kier molecular flexibility index (Phi) is 3.93. The molecule has 2 aromatic rings. The molecule has 0 saturated carbocycles. The maximum atomic E-state index is 8.81. The van der Waals surface area contributed by atoms with Gasteiger partial charge in [0.05, 0.1) is 21.7 Å². The first-order valence-corrected chi connectivity index (χ1v) is 6.02. The summed E-state index contributed by atoms with van der Waals surface area (Å²) >= 11 is 17.6. The normalized spacial score (nSPS) is 9.89. The lowest BCUT2D eigenvalue weighted by molar-refractivity contribution is 1.31. The molecule has 0 bridgehead atoms. The summed E-state index contributed by atoms with van der Waals surface area (Å²) < 4.78 is 0. The maximum Gasteiger partial charge on any atom is 0.151 e. The zero-order valence-corrected chi connectivity index (χ0v) is 11.2. The SMILES string of the molecule is N#Cc1cccc(Nc2nc(Cl)c(Cl)cc2Cl)c1. The van der Waals surface area contributed by atoms with Crippen molar-refractivity contribution < 1.29 is 0 Å². The fourth-order valence-electron chi connectivity index (χ4n) is 1.34. The third-order valence-electron chi connectivity index (χ3n) is 2.14. The van der Waals surface area contributed by atoms with E-state index in [4.69, 9.17) is 40.1 Å². The lowest BCUT2D eigenvalue weighted by atomic mass is 10.2. The van der Waals surface area contributed by atoms with E-state index in [9.17, 15) is 0 Å².